The Bertz CT molecular complexity index is 622. The van der Waals surface area contributed by atoms with Crippen molar-refractivity contribution in [3.05, 3.63) is 68.4 Å². The Morgan fingerprint density at radius 2 is 1.63 bits per heavy atom. The van der Waals surface area contributed by atoms with Crippen molar-refractivity contribution >= 4 is 15.9 Å². The van der Waals surface area contributed by atoms with Crippen molar-refractivity contribution in [3.63, 3.8) is 0 Å². The molecule has 0 aliphatic rings. The molecule has 2 aromatic rings. The Labute approximate surface area is 121 Å². The van der Waals surface area contributed by atoms with Crippen molar-refractivity contribution < 1.29 is 9.50 Å². The fraction of sp³-hybridized carbons (Fsp3) is 0.250. The lowest BCUT2D eigenvalue weighted by Crippen LogP contribution is -2.06. The van der Waals surface area contributed by atoms with Gasteiger partial charge in [0.15, 0.2) is 0 Å². The molecule has 0 aliphatic heterocycles. The van der Waals surface area contributed by atoms with Crippen LogP contribution in [0.15, 0.2) is 34.8 Å². The van der Waals surface area contributed by atoms with Crippen LogP contribution in [0.4, 0.5) is 4.39 Å². The monoisotopic (exact) mass is 322 g/mol. The lowest BCUT2D eigenvalue weighted by Gasteiger charge is -2.17. The number of aliphatic hydroxyl groups is 1. The molecule has 0 aliphatic carbocycles. The van der Waals surface area contributed by atoms with Gasteiger partial charge >= 0.3 is 0 Å². The fourth-order valence-corrected chi connectivity index (χ4v) is 2.56. The molecule has 0 fully saturated rings. The third-order valence-corrected chi connectivity index (χ3v) is 4.07. The van der Waals surface area contributed by atoms with E-state index in [1.807, 2.05) is 32.9 Å². The predicted molar refractivity (Wildman–Crippen MR) is 78.8 cm³/mol. The van der Waals surface area contributed by atoms with Crippen LogP contribution in [-0.2, 0) is 0 Å². The Morgan fingerprint density at radius 1 is 1.00 bits per heavy atom. The largest absolute Gasteiger partial charge is 0.384 e. The molecule has 0 bridgehead atoms. The summed E-state index contributed by atoms with van der Waals surface area (Å²) in [4.78, 5) is 0. The number of hydrogen-bond acceptors (Lipinski definition) is 1. The molecule has 1 nitrogen and oxygen atoms in total. The van der Waals surface area contributed by atoms with Gasteiger partial charge in [-0.25, -0.2) is 4.39 Å². The van der Waals surface area contributed by atoms with E-state index in [0.29, 0.717) is 10.0 Å². The van der Waals surface area contributed by atoms with E-state index in [4.69, 9.17) is 0 Å². The second kappa shape index (κ2) is 5.43. The number of aryl methyl sites for hydroxylation is 3. The highest BCUT2D eigenvalue weighted by Gasteiger charge is 2.18. The first-order chi connectivity index (χ1) is 8.91. The van der Waals surface area contributed by atoms with Crippen LogP contribution < -0.4 is 0 Å². The van der Waals surface area contributed by atoms with E-state index in [9.17, 15) is 9.50 Å². The van der Waals surface area contributed by atoms with E-state index in [1.165, 1.54) is 5.56 Å². The number of aliphatic hydroxyl groups excluding tert-OH is 1. The van der Waals surface area contributed by atoms with E-state index >= 15 is 0 Å². The first kappa shape index (κ1) is 14.2. The van der Waals surface area contributed by atoms with Crippen molar-refractivity contribution in [2.75, 3.05) is 0 Å². The van der Waals surface area contributed by atoms with Crippen LogP contribution in [0.5, 0.6) is 0 Å². The van der Waals surface area contributed by atoms with E-state index in [-0.39, 0.29) is 0 Å². The van der Waals surface area contributed by atoms with Crippen molar-refractivity contribution in [2.45, 2.75) is 26.9 Å². The van der Waals surface area contributed by atoms with E-state index in [0.717, 1.165) is 16.7 Å². The number of hydrogen-bond donors (Lipinski definition) is 1. The van der Waals surface area contributed by atoms with Crippen LogP contribution >= 0.6 is 15.9 Å². The molecule has 19 heavy (non-hydrogen) atoms. The summed E-state index contributed by atoms with van der Waals surface area (Å²) in [6, 6.07) is 8.90. The van der Waals surface area contributed by atoms with Gasteiger partial charge in [-0.1, -0.05) is 24.3 Å². The Hall–Kier alpha value is -1.19. The van der Waals surface area contributed by atoms with Crippen LogP contribution in [0.3, 0.4) is 0 Å². The van der Waals surface area contributed by atoms with Crippen LogP contribution in [0.1, 0.15) is 33.9 Å². The lowest BCUT2D eigenvalue weighted by molar-refractivity contribution is 0.214. The fourth-order valence-electron chi connectivity index (χ4n) is 2.18. The van der Waals surface area contributed by atoms with Gasteiger partial charge in [-0.3, -0.25) is 0 Å². The summed E-state index contributed by atoms with van der Waals surface area (Å²) >= 11 is 3.15. The minimum Gasteiger partial charge on any atom is -0.384 e. The molecule has 2 aromatic carbocycles. The highest BCUT2D eigenvalue weighted by molar-refractivity contribution is 9.10. The van der Waals surface area contributed by atoms with Crippen molar-refractivity contribution in [1.82, 2.24) is 0 Å². The second-order valence-corrected chi connectivity index (χ2v) is 5.69. The average molecular weight is 323 g/mol. The van der Waals surface area contributed by atoms with E-state index in [2.05, 4.69) is 15.9 Å². The maximum atomic E-state index is 14.0. The van der Waals surface area contributed by atoms with Gasteiger partial charge in [0.25, 0.3) is 0 Å². The minimum absolute atomic E-state index is 0.292. The first-order valence-electron chi connectivity index (χ1n) is 6.11. The topological polar surface area (TPSA) is 20.2 Å². The van der Waals surface area contributed by atoms with Gasteiger partial charge in [-0.2, -0.15) is 0 Å². The molecule has 0 spiro atoms. The summed E-state index contributed by atoms with van der Waals surface area (Å²) in [6.07, 6.45) is -0.947. The van der Waals surface area contributed by atoms with Gasteiger partial charge in [0.2, 0.25) is 0 Å². The molecule has 0 saturated heterocycles. The zero-order valence-electron chi connectivity index (χ0n) is 11.2. The molecular weight excluding hydrogens is 307 g/mol. The molecule has 0 aromatic heterocycles. The van der Waals surface area contributed by atoms with Gasteiger partial charge in [-0.05, 0) is 65.0 Å². The lowest BCUT2D eigenvalue weighted by atomic mass is 9.93. The third-order valence-electron chi connectivity index (χ3n) is 3.45. The molecule has 1 unspecified atom stereocenters. The summed E-state index contributed by atoms with van der Waals surface area (Å²) in [6.45, 7) is 5.95. The summed E-state index contributed by atoms with van der Waals surface area (Å²) in [5.41, 5.74) is 4.27. The summed E-state index contributed by atoms with van der Waals surface area (Å²) in [5.74, 6) is -0.410. The molecule has 1 N–H and O–H groups in total. The highest BCUT2D eigenvalue weighted by Crippen LogP contribution is 2.31. The Balaban J connectivity index is 2.53. The first-order valence-corrected chi connectivity index (χ1v) is 6.91. The van der Waals surface area contributed by atoms with Crippen molar-refractivity contribution in [1.29, 1.82) is 0 Å². The number of halogens is 2. The SMILES string of the molecule is Cc1cc(C)c(C(O)c2cccc(Br)c2F)cc1C. The van der Waals surface area contributed by atoms with Crippen LogP contribution in [0.2, 0.25) is 0 Å². The summed E-state index contributed by atoms with van der Waals surface area (Å²) < 4.78 is 14.4. The molecule has 0 saturated carbocycles. The summed E-state index contributed by atoms with van der Waals surface area (Å²) in [7, 11) is 0. The van der Waals surface area contributed by atoms with E-state index < -0.39 is 11.9 Å². The van der Waals surface area contributed by atoms with Gasteiger partial charge in [0, 0.05) is 5.56 Å². The van der Waals surface area contributed by atoms with Crippen LogP contribution in [0, 0.1) is 26.6 Å². The molecule has 0 amide bonds. The predicted octanol–water partition coefficient (Wildman–Crippen LogP) is 4.60. The molecule has 1 atom stereocenters. The van der Waals surface area contributed by atoms with Crippen molar-refractivity contribution in [3.8, 4) is 0 Å². The molecule has 3 heteroatoms. The maximum Gasteiger partial charge on any atom is 0.143 e. The Morgan fingerprint density at radius 3 is 2.32 bits per heavy atom. The number of benzene rings is 2. The summed E-state index contributed by atoms with van der Waals surface area (Å²) in [5, 5.41) is 10.4. The average Bonchev–Trinajstić information content (AvgIpc) is 2.36. The second-order valence-electron chi connectivity index (χ2n) is 4.84. The zero-order valence-corrected chi connectivity index (χ0v) is 12.8. The molecule has 2 rings (SSSR count). The van der Waals surface area contributed by atoms with E-state index in [1.54, 1.807) is 18.2 Å². The van der Waals surface area contributed by atoms with Gasteiger partial charge in [0.05, 0.1) is 4.47 Å². The van der Waals surface area contributed by atoms with Crippen LogP contribution in [0.25, 0.3) is 0 Å². The van der Waals surface area contributed by atoms with Crippen LogP contribution in [-0.4, -0.2) is 5.11 Å². The third kappa shape index (κ3) is 2.72. The minimum atomic E-state index is -0.947. The zero-order chi connectivity index (χ0) is 14.2. The standard InChI is InChI=1S/C16H16BrFO/c1-9-7-11(3)13(8-10(9)2)16(19)12-5-4-6-14(17)15(12)18/h4-8,16,19H,1-3H3. The maximum absolute atomic E-state index is 14.0. The molecule has 0 heterocycles. The Kier molecular flexibility index (Phi) is 4.07. The molecule has 100 valence electrons. The van der Waals surface area contributed by atoms with Crippen molar-refractivity contribution in [2.24, 2.45) is 0 Å². The highest BCUT2D eigenvalue weighted by atomic mass is 79.9. The van der Waals surface area contributed by atoms with Gasteiger partial charge in [0.1, 0.15) is 11.9 Å². The molecular formula is C16H16BrFO. The van der Waals surface area contributed by atoms with Gasteiger partial charge in [-0.15, -0.1) is 0 Å². The van der Waals surface area contributed by atoms with Gasteiger partial charge < -0.3 is 5.11 Å². The smallest absolute Gasteiger partial charge is 0.143 e. The number of rotatable bonds is 2. The quantitative estimate of drug-likeness (QED) is 0.857. The normalized spacial score (nSPS) is 12.5. The molecule has 0 radical (unpaired) electrons.